The van der Waals surface area contributed by atoms with Gasteiger partial charge in [0.15, 0.2) is 0 Å². The minimum Gasteiger partial charge on any atom is -0.382 e. The zero-order valence-electron chi connectivity index (χ0n) is 8.27. The lowest BCUT2D eigenvalue weighted by molar-refractivity contribution is 1.26. The van der Waals surface area contributed by atoms with Gasteiger partial charge in [-0.2, -0.15) is 0 Å². The zero-order valence-corrected chi connectivity index (χ0v) is 12.0. The van der Waals surface area contributed by atoms with Gasteiger partial charge in [-0.1, -0.05) is 11.6 Å². The van der Waals surface area contributed by atoms with Crippen molar-refractivity contribution >= 4 is 44.2 Å². The predicted molar refractivity (Wildman–Crippen MR) is 74.8 cm³/mol. The lowest BCUT2D eigenvalue weighted by Gasteiger charge is -2.05. The van der Waals surface area contributed by atoms with Gasteiger partial charge in [0.2, 0.25) is 0 Å². The van der Waals surface area contributed by atoms with Crippen LogP contribution in [0.5, 0.6) is 0 Å². The lowest BCUT2D eigenvalue weighted by Crippen LogP contribution is -1.98. The fourth-order valence-corrected chi connectivity index (χ4v) is 1.74. The Bertz CT molecular complexity index is 343. The summed E-state index contributed by atoms with van der Waals surface area (Å²) in [5, 5.41) is 3.34. The van der Waals surface area contributed by atoms with Gasteiger partial charge in [-0.15, -0.1) is 0 Å². The molecule has 0 amide bonds. The van der Waals surface area contributed by atoms with E-state index in [1.54, 1.807) is 0 Å². The molecule has 0 fully saturated rings. The van der Waals surface area contributed by atoms with Crippen molar-refractivity contribution in [1.29, 1.82) is 0 Å². The molecule has 1 rings (SSSR count). The normalized spacial score (nSPS) is 9.71. The minimum atomic E-state index is 0.889. The molecular formula is C11H13BrIN. The average Bonchev–Trinajstić information content (AvgIpc) is 2.10. The van der Waals surface area contributed by atoms with Crippen LogP contribution in [0.25, 0.3) is 0 Å². The predicted octanol–water partition coefficient (Wildman–Crippen LogP) is 4.43. The molecule has 0 saturated carbocycles. The van der Waals surface area contributed by atoms with Gasteiger partial charge in [-0.25, -0.2) is 0 Å². The maximum absolute atomic E-state index is 3.47. The molecule has 76 valence electrons. The highest BCUT2D eigenvalue weighted by atomic mass is 127. The second kappa shape index (κ2) is 5.75. The van der Waals surface area contributed by atoms with E-state index in [0.29, 0.717) is 0 Å². The first kappa shape index (κ1) is 12.0. The van der Waals surface area contributed by atoms with Crippen LogP contribution in [0.1, 0.15) is 13.8 Å². The Morgan fingerprint density at radius 2 is 2.21 bits per heavy atom. The number of anilines is 1. The minimum absolute atomic E-state index is 0.889. The van der Waals surface area contributed by atoms with Gasteiger partial charge >= 0.3 is 0 Å². The Kier molecular flexibility index (Phi) is 4.95. The molecule has 0 aromatic heterocycles. The Balaban J connectivity index is 2.60. The summed E-state index contributed by atoms with van der Waals surface area (Å²) in [5.74, 6) is 0. The van der Waals surface area contributed by atoms with E-state index in [4.69, 9.17) is 0 Å². The summed E-state index contributed by atoms with van der Waals surface area (Å²) in [6.45, 7) is 5.10. The van der Waals surface area contributed by atoms with Gasteiger partial charge in [0.05, 0.1) is 0 Å². The van der Waals surface area contributed by atoms with E-state index in [1.165, 1.54) is 9.14 Å². The number of hydrogen-bond acceptors (Lipinski definition) is 1. The first-order valence-electron chi connectivity index (χ1n) is 4.42. The van der Waals surface area contributed by atoms with Gasteiger partial charge in [-0.3, -0.25) is 0 Å². The first-order valence-corrected chi connectivity index (χ1v) is 6.29. The second-order valence-electron chi connectivity index (χ2n) is 3.29. The van der Waals surface area contributed by atoms with E-state index in [-0.39, 0.29) is 0 Å². The molecular weight excluding hydrogens is 353 g/mol. The van der Waals surface area contributed by atoms with Crippen molar-refractivity contribution in [3.63, 3.8) is 0 Å². The average molecular weight is 366 g/mol. The molecule has 0 aliphatic rings. The molecule has 0 heterocycles. The molecule has 1 N–H and O–H groups in total. The van der Waals surface area contributed by atoms with Gasteiger partial charge in [-0.05, 0) is 70.6 Å². The second-order valence-corrected chi connectivity index (χ2v) is 5.31. The number of rotatable bonds is 3. The third kappa shape index (κ3) is 4.00. The van der Waals surface area contributed by atoms with Crippen molar-refractivity contribution in [3.05, 3.63) is 37.9 Å². The Morgan fingerprint density at radius 3 is 2.79 bits per heavy atom. The highest BCUT2D eigenvalue weighted by Gasteiger charge is 1.96. The van der Waals surface area contributed by atoms with E-state index in [0.717, 1.165) is 16.7 Å². The molecule has 14 heavy (non-hydrogen) atoms. The third-order valence-corrected chi connectivity index (χ3v) is 4.06. The Morgan fingerprint density at radius 1 is 1.50 bits per heavy atom. The maximum atomic E-state index is 3.47. The quantitative estimate of drug-likeness (QED) is 0.617. The number of hydrogen-bond donors (Lipinski definition) is 1. The summed E-state index contributed by atoms with van der Waals surface area (Å²) in [6.07, 6.45) is 2.18. The van der Waals surface area contributed by atoms with Crippen molar-refractivity contribution in [3.8, 4) is 0 Å². The van der Waals surface area contributed by atoms with E-state index < -0.39 is 0 Å². The largest absolute Gasteiger partial charge is 0.382 e. The summed E-state index contributed by atoms with van der Waals surface area (Å²) >= 11 is 5.79. The molecule has 0 atom stereocenters. The molecule has 0 bridgehead atoms. The van der Waals surface area contributed by atoms with Crippen LogP contribution < -0.4 is 5.32 Å². The third-order valence-electron chi connectivity index (χ3n) is 1.74. The van der Waals surface area contributed by atoms with E-state index in [1.807, 2.05) is 0 Å². The molecule has 1 aromatic carbocycles. The van der Waals surface area contributed by atoms with Crippen LogP contribution in [0.15, 0.2) is 34.3 Å². The number of nitrogens with one attached hydrogen (secondary N) is 1. The SMILES string of the molecule is CC(C)=CCNc1ccc(Br)c(I)c1. The molecule has 0 aliphatic heterocycles. The highest BCUT2D eigenvalue weighted by Crippen LogP contribution is 2.22. The fraction of sp³-hybridized carbons (Fsp3) is 0.273. The fourth-order valence-electron chi connectivity index (χ4n) is 0.979. The molecule has 0 unspecified atom stereocenters. The maximum Gasteiger partial charge on any atom is 0.0354 e. The Labute approximate surface area is 107 Å². The summed E-state index contributed by atoms with van der Waals surface area (Å²) in [4.78, 5) is 0. The van der Waals surface area contributed by atoms with Crippen LogP contribution in [0.2, 0.25) is 0 Å². The van der Waals surface area contributed by atoms with Crippen LogP contribution in [0.3, 0.4) is 0 Å². The molecule has 0 spiro atoms. The summed E-state index contributed by atoms with van der Waals surface area (Å²) in [5.41, 5.74) is 2.50. The van der Waals surface area contributed by atoms with Crippen molar-refractivity contribution in [2.45, 2.75) is 13.8 Å². The Hall–Kier alpha value is -0.0300. The lowest BCUT2D eigenvalue weighted by atomic mass is 10.3. The monoisotopic (exact) mass is 365 g/mol. The molecule has 3 heteroatoms. The van der Waals surface area contributed by atoms with Crippen molar-refractivity contribution in [2.75, 3.05) is 11.9 Å². The zero-order chi connectivity index (χ0) is 10.6. The van der Waals surface area contributed by atoms with Crippen LogP contribution >= 0.6 is 38.5 Å². The van der Waals surface area contributed by atoms with Gasteiger partial charge in [0.1, 0.15) is 0 Å². The molecule has 1 nitrogen and oxygen atoms in total. The smallest absolute Gasteiger partial charge is 0.0354 e. The summed E-state index contributed by atoms with van der Waals surface area (Å²) < 4.78 is 2.37. The number of benzene rings is 1. The van der Waals surface area contributed by atoms with E-state index in [2.05, 4.69) is 82.0 Å². The van der Waals surface area contributed by atoms with Crippen molar-refractivity contribution in [1.82, 2.24) is 0 Å². The standard InChI is InChI=1S/C11H13BrIN/c1-8(2)5-6-14-9-3-4-10(12)11(13)7-9/h3-5,7,14H,6H2,1-2H3. The molecule has 0 aliphatic carbocycles. The number of halogens is 2. The van der Waals surface area contributed by atoms with Crippen molar-refractivity contribution < 1.29 is 0 Å². The summed E-state index contributed by atoms with van der Waals surface area (Å²) in [6, 6.07) is 6.27. The van der Waals surface area contributed by atoms with Crippen LogP contribution in [-0.4, -0.2) is 6.54 Å². The summed E-state index contributed by atoms with van der Waals surface area (Å²) in [7, 11) is 0. The van der Waals surface area contributed by atoms with Gasteiger partial charge < -0.3 is 5.32 Å². The molecule has 0 radical (unpaired) electrons. The van der Waals surface area contributed by atoms with Crippen LogP contribution in [-0.2, 0) is 0 Å². The first-order chi connectivity index (χ1) is 6.59. The van der Waals surface area contributed by atoms with E-state index >= 15 is 0 Å². The number of allylic oxidation sites excluding steroid dienone is 1. The molecule has 0 saturated heterocycles. The topological polar surface area (TPSA) is 12.0 Å². The van der Waals surface area contributed by atoms with Gasteiger partial charge in [0.25, 0.3) is 0 Å². The highest BCUT2D eigenvalue weighted by molar-refractivity contribution is 14.1. The molecule has 1 aromatic rings. The van der Waals surface area contributed by atoms with E-state index in [9.17, 15) is 0 Å². The van der Waals surface area contributed by atoms with Crippen LogP contribution in [0.4, 0.5) is 5.69 Å². The van der Waals surface area contributed by atoms with Crippen LogP contribution in [0, 0.1) is 3.57 Å². The van der Waals surface area contributed by atoms with Gasteiger partial charge in [0, 0.05) is 20.3 Å². The van der Waals surface area contributed by atoms with Crippen molar-refractivity contribution in [2.24, 2.45) is 0 Å².